The van der Waals surface area contributed by atoms with Crippen LogP contribution in [0.1, 0.15) is 24.8 Å². The molecule has 1 aliphatic rings. The van der Waals surface area contributed by atoms with Gasteiger partial charge in [-0.2, -0.15) is 4.31 Å². The molecule has 0 aromatic heterocycles. The van der Waals surface area contributed by atoms with Crippen molar-refractivity contribution in [3.63, 3.8) is 0 Å². The Morgan fingerprint density at radius 3 is 2.50 bits per heavy atom. The van der Waals surface area contributed by atoms with Gasteiger partial charge in [0.25, 0.3) is 0 Å². The number of halogens is 2. The van der Waals surface area contributed by atoms with E-state index in [0.717, 1.165) is 37.5 Å². The van der Waals surface area contributed by atoms with Gasteiger partial charge in [0.2, 0.25) is 15.9 Å². The third-order valence-corrected chi connectivity index (χ3v) is 6.66. The fourth-order valence-corrected chi connectivity index (χ4v) is 4.89. The number of carbonyl (C=O) groups is 1. The first-order valence-electron chi connectivity index (χ1n) is 9.43. The van der Waals surface area contributed by atoms with E-state index in [1.165, 1.54) is 29.6 Å². The minimum atomic E-state index is -3.74. The zero-order valence-corrected chi connectivity index (χ0v) is 17.2. The van der Waals surface area contributed by atoms with Gasteiger partial charge in [0.05, 0.1) is 12.8 Å². The lowest BCUT2D eigenvalue weighted by atomic mass is 10.2. The van der Waals surface area contributed by atoms with E-state index in [-0.39, 0.29) is 16.3 Å². The molecule has 1 aliphatic heterocycles. The number of piperidine rings is 1. The average molecular weight is 436 g/mol. The molecule has 1 heterocycles. The molecule has 2 aromatic carbocycles. The van der Waals surface area contributed by atoms with Gasteiger partial charge in [0.15, 0.2) is 0 Å². The summed E-state index contributed by atoms with van der Waals surface area (Å²) in [4.78, 5) is 12.1. The number of rotatable bonds is 6. The maximum Gasteiger partial charge on any atom is 0.248 e. The number of amides is 1. The Kier molecular flexibility index (Phi) is 6.84. The van der Waals surface area contributed by atoms with Gasteiger partial charge in [0, 0.05) is 25.2 Å². The Balaban J connectivity index is 1.81. The summed E-state index contributed by atoms with van der Waals surface area (Å²) in [6.07, 6.45) is 5.16. The standard InChI is InChI=1S/C21H22F2N2O4S/c1-29-19-9-5-15(13-20(19)30(27,28)25-11-3-2-4-12-25)6-10-21(26)24-18-8-7-16(22)14-17(18)23/h5-10,13-14H,2-4,11-12H2,1H3,(H,24,26)/b10-6+. The molecule has 0 radical (unpaired) electrons. The minimum absolute atomic E-state index is 0.0269. The van der Waals surface area contributed by atoms with Crippen LogP contribution < -0.4 is 10.1 Å². The molecule has 3 rings (SSSR count). The first kappa shape index (κ1) is 21.9. The van der Waals surface area contributed by atoms with Crippen molar-refractivity contribution in [2.75, 3.05) is 25.5 Å². The van der Waals surface area contributed by atoms with Crippen LogP contribution in [0.2, 0.25) is 0 Å². The van der Waals surface area contributed by atoms with Crippen LogP contribution in [0.25, 0.3) is 6.08 Å². The lowest BCUT2D eigenvalue weighted by Crippen LogP contribution is -2.35. The Bertz CT molecular complexity index is 1060. The van der Waals surface area contributed by atoms with Crippen LogP contribution in [0.15, 0.2) is 47.4 Å². The highest BCUT2D eigenvalue weighted by atomic mass is 32.2. The number of methoxy groups -OCH3 is 1. The van der Waals surface area contributed by atoms with Gasteiger partial charge in [-0.05, 0) is 48.7 Å². The molecule has 1 amide bonds. The molecule has 1 fully saturated rings. The highest BCUT2D eigenvalue weighted by Gasteiger charge is 2.29. The molecule has 0 unspecified atom stereocenters. The summed E-state index contributed by atoms with van der Waals surface area (Å²) in [5, 5.41) is 2.31. The van der Waals surface area contributed by atoms with Gasteiger partial charge < -0.3 is 10.1 Å². The monoisotopic (exact) mass is 436 g/mol. The first-order chi connectivity index (χ1) is 14.3. The zero-order valence-electron chi connectivity index (χ0n) is 16.4. The number of nitrogens with one attached hydrogen (secondary N) is 1. The third-order valence-electron chi connectivity index (χ3n) is 4.74. The molecular formula is C21H22F2N2O4S. The second-order valence-electron chi connectivity index (χ2n) is 6.82. The fourth-order valence-electron chi connectivity index (χ4n) is 3.18. The molecular weight excluding hydrogens is 414 g/mol. The highest BCUT2D eigenvalue weighted by molar-refractivity contribution is 7.89. The highest BCUT2D eigenvalue weighted by Crippen LogP contribution is 2.30. The molecule has 30 heavy (non-hydrogen) atoms. The van der Waals surface area contributed by atoms with E-state index in [0.29, 0.717) is 24.7 Å². The Morgan fingerprint density at radius 1 is 1.10 bits per heavy atom. The second kappa shape index (κ2) is 9.36. The van der Waals surface area contributed by atoms with E-state index in [4.69, 9.17) is 4.74 Å². The normalized spacial score (nSPS) is 15.3. The quantitative estimate of drug-likeness (QED) is 0.699. The number of sulfonamides is 1. The smallest absolute Gasteiger partial charge is 0.248 e. The largest absolute Gasteiger partial charge is 0.495 e. The van der Waals surface area contributed by atoms with E-state index in [1.807, 2.05) is 0 Å². The molecule has 0 aliphatic carbocycles. The number of hydrogen-bond acceptors (Lipinski definition) is 4. The topological polar surface area (TPSA) is 75.7 Å². The molecule has 160 valence electrons. The molecule has 0 bridgehead atoms. The summed E-state index contributed by atoms with van der Waals surface area (Å²) >= 11 is 0. The van der Waals surface area contributed by atoms with Crippen molar-refractivity contribution in [3.05, 3.63) is 59.7 Å². The van der Waals surface area contributed by atoms with E-state index in [2.05, 4.69) is 5.32 Å². The number of nitrogens with zero attached hydrogens (tertiary/aromatic N) is 1. The average Bonchev–Trinajstić information content (AvgIpc) is 2.74. The third kappa shape index (κ3) is 5.03. The van der Waals surface area contributed by atoms with Crippen LogP contribution in [0, 0.1) is 11.6 Å². The van der Waals surface area contributed by atoms with Crippen LogP contribution in [0.3, 0.4) is 0 Å². The predicted molar refractivity (Wildman–Crippen MR) is 110 cm³/mol. The number of ether oxygens (including phenoxy) is 1. The number of hydrogen-bond donors (Lipinski definition) is 1. The summed E-state index contributed by atoms with van der Waals surface area (Å²) < 4.78 is 59.3. The van der Waals surface area contributed by atoms with Crippen molar-refractivity contribution < 1.29 is 26.7 Å². The van der Waals surface area contributed by atoms with E-state index < -0.39 is 27.6 Å². The fraction of sp³-hybridized carbons (Fsp3) is 0.286. The summed E-state index contributed by atoms with van der Waals surface area (Å²) in [6.45, 7) is 0.911. The lowest BCUT2D eigenvalue weighted by molar-refractivity contribution is -0.111. The summed E-state index contributed by atoms with van der Waals surface area (Å²) in [5.74, 6) is -2.06. The number of benzene rings is 2. The Hall–Kier alpha value is -2.78. The molecule has 0 atom stereocenters. The maximum atomic E-state index is 13.7. The Labute approximate surface area is 174 Å². The van der Waals surface area contributed by atoms with Crippen molar-refractivity contribution in [2.45, 2.75) is 24.2 Å². The van der Waals surface area contributed by atoms with Crippen molar-refractivity contribution in [3.8, 4) is 5.75 Å². The van der Waals surface area contributed by atoms with Crippen LogP contribution >= 0.6 is 0 Å². The first-order valence-corrected chi connectivity index (χ1v) is 10.9. The van der Waals surface area contributed by atoms with Crippen molar-refractivity contribution >= 4 is 27.7 Å². The van der Waals surface area contributed by atoms with E-state index in [9.17, 15) is 22.0 Å². The van der Waals surface area contributed by atoms with Gasteiger partial charge in [0.1, 0.15) is 22.3 Å². The number of carbonyl (C=O) groups excluding carboxylic acids is 1. The van der Waals surface area contributed by atoms with Gasteiger partial charge in [-0.3, -0.25) is 4.79 Å². The minimum Gasteiger partial charge on any atom is -0.495 e. The van der Waals surface area contributed by atoms with Crippen molar-refractivity contribution in [2.24, 2.45) is 0 Å². The molecule has 9 heteroatoms. The molecule has 1 saturated heterocycles. The summed E-state index contributed by atoms with van der Waals surface area (Å²) in [6, 6.07) is 7.38. The van der Waals surface area contributed by atoms with Gasteiger partial charge in [-0.15, -0.1) is 0 Å². The van der Waals surface area contributed by atoms with Crippen molar-refractivity contribution in [1.82, 2.24) is 4.31 Å². The zero-order chi connectivity index (χ0) is 21.7. The molecule has 0 spiro atoms. The summed E-state index contributed by atoms with van der Waals surface area (Å²) in [5.41, 5.74) is 0.301. The van der Waals surface area contributed by atoms with Crippen molar-refractivity contribution in [1.29, 1.82) is 0 Å². The number of anilines is 1. The van der Waals surface area contributed by atoms with Crippen LogP contribution in [0.4, 0.5) is 14.5 Å². The SMILES string of the molecule is COc1ccc(/C=C/C(=O)Nc2ccc(F)cc2F)cc1S(=O)(=O)N1CCCCC1. The molecule has 0 saturated carbocycles. The molecule has 2 aromatic rings. The van der Waals surface area contributed by atoms with Crippen LogP contribution in [-0.2, 0) is 14.8 Å². The van der Waals surface area contributed by atoms with Crippen LogP contribution in [-0.4, -0.2) is 38.8 Å². The molecule has 1 N–H and O–H groups in total. The Morgan fingerprint density at radius 2 is 1.83 bits per heavy atom. The van der Waals surface area contributed by atoms with Gasteiger partial charge >= 0.3 is 0 Å². The van der Waals surface area contributed by atoms with Gasteiger partial charge in [-0.25, -0.2) is 17.2 Å². The second-order valence-corrected chi connectivity index (χ2v) is 8.73. The van der Waals surface area contributed by atoms with Crippen LogP contribution in [0.5, 0.6) is 5.75 Å². The summed E-state index contributed by atoms with van der Waals surface area (Å²) in [7, 11) is -2.34. The lowest BCUT2D eigenvalue weighted by Gasteiger charge is -2.26. The van der Waals surface area contributed by atoms with E-state index >= 15 is 0 Å². The predicted octanol–water partition coefficient (Wildman–Crippen LogP) is 3.80. The molecule has 6 nitrogen and oxygen atoms in total. The maximum absolute atomic E-state index is 13.7. The van der Waals surface area contributed by atoms with Gasteiger partial charge in [-0.1, -0.05) is 12.5 Å². The van der Waals surface area contributed by atoms with E-state index in [1.54, 1.807) is 6.07 Å².